The number of carbonyl (C=O) groups is 1. The largest absolute Gasteiger partial charge is 0.408 e. The van der Waals surface area contributed by atoms with E-state index >= 15 is 0 Å². The molecule has 1 heterocycles. The van der Waals surface area contributed by atoms with E-state index in [1.54, 1.807) is 0 Å². The average Bonchev–Trinajstić information content (AvgIpc) is 3.09. The van der Waals surface area contributed by atoms with Crippen molar-refractivity contribution in [3.8, 4) is 0 Å². The van der Waals surface area contributed by atoms with Gasteiger partial charge in [-0.3, -0.25) is 4.79 Å². The number of nitrogens with zero attached hydrogens (tertiary/aromatic N) is 1. The first-order chi connectivity index (χ1) is 9.58. The zero-order chi connectivity index (χ0) is 15.8. The Balaban J connectivity index is 2.00. The Labute approximate surface area is 121 Å². The molecule has 2 rings (SSSR count). The number of carbonyl (C=O) groups excluding carboxylic acids is 1. The van der Waals surface area contributed by atoms with Gasteiger partial charge in [0.2, 0.25) is 15.9 Å². The summed E-state index contributed by atoms with van der Waals surface area (Å²) < 4.78 is 64.8. The van der Waals surface area contributed by atoms with Crippen LogP contribution in [0.25, 0.3) is 0 Å². The Hall–Kier alpha value is -0.830. The van der Waals surface area contributed by atoms with E-state index in [0.717, 1.165) is 19.8 Å². The molecule has 2 fully saturated rings. The standard InChI is InChI=1S/C12H19F3N2O3S/c1-8(18)17-6-10(4-5-11(17)12(13,14)15)16-21(19,20)7-9-2-3-9/h9-11,16H,2-7H2,1H3/t10-,11+/m1/s1. The molecule has 0 aromatic rings. The molecular formula is C12H19F3N2O3S. The zero-order valence-electron chi connectivity index (χ0n) is 11.7. The number of hydrogen-bond donors (Lipinski definition) is 1. The monoisotopic (exact) mass is 328 g/mol. The lowest BCUT2D eigenvalue weighted by atomic mass is 9.98. The number of amides is 1. The van der Waals surface area contributed by atoms with Crippen LogP contribution in [0.5, 0.6) is 0 Å². The van der Waals surface area contributed by atoms with Crippen molar-refractivity contribution in [3.05, 3.63) is 0 Å². The third-order valence-electron chi connectivity index (χ3n) is 3.86. The third-order valence-corrected chi connectivity index (χ3v) is 5.47. The molecule has 1 amide bonds. The van der Waals surface area contributed by atoms with Gasteiger partial charge in [0.05, 0.1) is 5.75 Å². The van der Waals surface area contributed by atoms with Crippen molar-refractivity contribution in [1.29, 1.82) is 0 Å². The molecule has 1 N–H and O–H groups in total. The fourth-order valence-electron chi connectivity index (χ4n) is 2.65. The summed E-state index contributed by atoms with van der Waals surface area (Å²) in [6.45, 7) is 0.837. The number of sulfonamides is 1. The van der Waals surface area contributed by atoms with Crippen LogP contribution in [0.1, 0.15) is 32.6 Å². The molecule has 1 saturated carbocycles. The molecule has 1 aliphatic heterocycles. The summed E-state index contributed by atoms with van der Waals surface area (Å²) in [7, 11) is -3.49. The van der Waals surface area contributed by atoms with Gasteiger partial charge in [-0.1, -0.05) is 0 Å². The molecule has 0 radical (unpaired) electrons. The van der Waals surface area contributed by atoms with Crippen LogP contribution in [-0.2, 0) is 14.8 Å². The van der Waals surface area contributed by atoms with E-state index in [1.165, 1.54) is 0 Å². The second kappa shape index (κ2) is 5.75. The number of rotatable bonds is 4. The topological polar surface area (TPSA) is 66.5 Å². The predicted octanol–water partition coefficient (Wildman–Crippen LogP) is 1.26. The van der Waals surface area contributed by atoms with Crippen LogP contribution in [0.15, 0.2) is 0 Å². The van der Waals surface area contributed by atoms with E-state index in [4.69, 9.17) is 0 Å². The highest BCUT2D eigenvalue weighted by Gasteiger charge is 2.47. The molecule has 0 spiro atoms. The highest BCUT2D eigenvalue weighted by Crippen LogP contribution is 2.33. The van der Waals surface area contributed by atoms with E-state index < -0.39 is 34.2 Å². The van der Waals surface area contributed by atoms with Gasteiger partial charge < -0.3 is 4.90 Å². The van der Waals surface area contributed by atoms with E-state index in [9.17, 15) is 26.4 Å². The normalized spacial score (nSPS) is 27.7. The molecule has 9 heteroatoms. The molecule has 0 unspecified atom stereocenters. The number of hydrogen-bond acceptors (Lipinski definition) is 3. The van der Waals surface area contributed by atoms with E-state index in [-0.39, 0.29) is 31.1 Å². The summed E-state index contributed by atoms with van der Waals surface area (Å²) in [5.41, 5.74) is 0. The van der Waals surface area contributed by atoms with Gasteiger partial charge in [-0.05, 0) is 31.6 Å². The molecule has 0 aromatic heterocycles. The van der Waals surface area contributed by atoms with Crippen molar-refractivity contribution in [3.63, 3.8) is 0 Å². The Morgan fingerprint density at radius 3 is 2.33 bits per heavy atom. The first-order valence-electron chi connectivity index (χ1n) is 6.92. The van der Waals surface area contributed by atoms with Crippen LogP contribution in [0.4, 0.5) is 13.2 Å². The maximum absolute atomic E-state index is 12.9. The quantitative estimate of drug-likeness (QED) is 0.845. The summed E-state index contributed by atoms with van der Waals surface area (Å²) in [5, 5.41) is 0. The molecule has 1 aliphatic carbocycles. The van der Waals surface area contributed by atoms with Crippen LogP contribution >= 0.6 is 0 Å². The highest BCUT2D eigenvalue weighted by atomic mass is 32.2. The summed E-state index contributed by atoms with van der Waals surface area (Å²) in [5.74, 6) is -0.506. The number of likely N-dealkylation sites (tertiary alicyclic amines) is 1. The molecule has 0 bridgehead atoms. The van der Waals surface area contributed by atoms with Gasteiger partial charge in [0.1, 0.15) is 6.04 Å². The third kappa shape index (κ3) is 4.57. The van der Waals surface area contributed by atoms with E-state index in [0.29, 0.717) is 4.90 Å². The summed E-state index contributed by atoms with van der Waals surface area (Å²) in [6.07, 6.45) is -2.93. The fraction of sp³-hybridized carbons (Fsp3) is 0.917. The van der Waals surface area contributed by atoms with E-state index in [2.05, 4.69) is 4.72 Å². The van der Waals surface area contributed by atoms with Crippen molar-refractivity contribution < 1.29 is 26.4 Å². The number of piperidine rings is 1. The number of nitrogens with one attached hydrogen (secondary N) is 1. The Morgan fingerprint density at radius 2 is 1.86 bits per heavy atom. The average molecular weight is 328 g/mol. The smallest absolute Gasteiger partial charge is 0.329 e. The Morgan fingerprint density at radius 1 is 1.24 bits per heavy atom. The minimum absolute atomic E-state index is 0.0201. The van der Waals surface area contributed by atoms with Crippen molar-refractivity contribution in [2.45, 2.75) is 50.9 Å². The second-order valence-corrected chi connectivity index (χ2v) is 7.64. The van der Waals surface area contributed by atoms with Crippen molar-refractivity contribution >= 4 is 15.9 Å². The van der Waals surface area contributed by atoms with Crippen molar-refractivity contribution in [2.75, 3.05) is 12.3 Å². The lowest BCUT2D eigenvalue weighted by Gasteiger charge is -2.40. The maximum atomic E-state index is 12.9. The highest BCUT2D eigenvalue weighted by molar-refractivity contribution is 7.89. The Bertz CT molecular complexity index is 502. The van der Waals surface area contributed by atoms with Crippen LogP contribution in [0.3, 0.4) is 0 Å². The molecule has 21 heavy (non-hydrogen) atoms. The SMILES string of the molecule is CC(=O)N1C[C@H](NS(=O)(=O)CC2CC2)CC[C@H]1C(F)(F)F. The number of alkyl halides is 3. The molecule has 2 aliphatic rings. The van der Waals surface area contributed by atoms with Crippen LogP contribution in [0.2, 0.25) is 0 Å². The summed E-state index contributed by atoms with van der Waals surface area (Å²) in [6, 6.07) is -2.46. The minimum atomic E-state index is -4.48. The van der Waals surface area contributed by atoms with Gasteiger partial charge in [0.15, 0.2) is 0 Å². The zero-order valence-corrected chi connectivity index (χ0v) is 12.5. The summed E-state index contributed by atoms with van der Waals surface area (Å²) >= 11 is 0. The molecular weight excluding hydrogens is 309 g/mol. The van der Waals surface area contributed by atoms with Crippen LogP contribution in [-0.4, -0.2) is 49.8 Å². The van der Waals surface area contributed by atoms with Gasteiger partial charge >= 0.3 is 6.18 Å². The lowest BCUT2D eigenvalue weighted by molar-refractivity contribution is -0.196. The van der Waals surface area contributed by atoms with Gasteiger partial charge in [0, 0.05) is 19.5 Å². The second-order valence-electron chi connectivity index (χ2n) is 5.85. The Kier molecular flexibility index (Phi) is 4.53. The molecule has 0 aromatic carbocycles. The van der Waals surface area contributed by atoms with Gasteiger partial charge in [-0.15, -0.1) is 0 Å². The molecule has 5 nitrogen and oxygen atoms in total. The predicted molar refractivity (Wildman–Crippen MR) is 69.9 cm³/mol. The molecule has 2 atom stereocenters. The van der Waals surface area contributed by atoms with Crippen molar-refractivity contribution in [1.82, 2.24) is 9.62 Å². The lowest BCUT2D eigenvalue weighted by Crippen LogP contribution is -2.57. The molecule has 122 valence electrons. The van der Waals surface area contributed by atoms with Crippen molar-refractivity contribution in [2.24, 2.45) is 5.92 Å². The summed E-state index contributed by atoms with van der Waals surface area (Å²) in [4.78, 5) is 12.1. The minimum Gasteiger partial charge on any atom is -0.329 e. The van der Waals surface area contributed by atoms with Crippen LogP contribution < -0.4 is 4.72 Å². The van der Waals surface area contributed by atoms with E-state index in [1.807, 2.05) is 0 Å². The first-order valence-corrected chi connectivity index (χ1v) is 8.57. The maximum Gasteiger partial charge on any atom is 0.408 e. The van der Waals surface area contributed by atoms with Gasteiger partial charge in [-0.25, -0.2) is 13.1 Å². The van der Waals surface area contributed by atoms with Gasteiger partial charge in [0.25, 0.3) is 0 Å². The fourth-order valence-corrected chi connectivity index (χ4v) is 4.40. The number of halogens is 3. The molecule has 1 saturated heterocycles. The van der Waals surface area contributed by atoms with Gasteiger partial charge in [-0.2, -0.15) is 13.2 Å². The van der Waals surface area contributed by atoms with Crippen LogP contribution in [0, 0.1) is 5.92 Å². The first kappa shape index (κ1) is 16.5.